The van der Waals surface area contributed by atoms with Crippen molar-refractivity contribution >= 4 is 15.9 Å². The molecular formula is C27H27NO5S. The number of benzene rings is 3. The van der Waals surface area contributed by atoms with Gasteiger partial charge in [-0.25, -0.2) is 13.1 Å². The molecule has 2 atom stereocenters. The molecule has 6 nitrogen and oxygen atoms in total. The smallest absolute Gasteiger partial charge is 0.265 e. The number of rotatable bonds is 6. The van der Waals surface area contributed by atoms with Crippen LogP contribution in [-0.4, -0.2) is 30.8 Å². The van der Waals surface area contributed by atoms with E-state index in [1.165, 1.54) is 0 Å². The van der Waals surface area contributed by atoms with Crippen LogP contribution in [0.15, 0.2) is 72.8 Å². The Labute approximate surface area is 199 Å². The molecular weight excluding hydrogens is 450 g/mol. The molecule has 3 aromatic carbocycles. The molecule has 3 aromatic rings. The second-order valence-electron chi connectivity index (χ2n) is 9.39. The number of aliphatic hydroxyl groups is 1. The van der Waals surface area contributed by atoms with E-state index in [0.29, 0.717) is 48.3 Å². The summed E-state index contributed by atoms with van der Waals surface area (Å²) >= 11 is 0. The first-order valence-electron chi connectivity index (χ1n) is 11.4. The summed E-state index contributed by atoms with van der Waals surface area (Å²) < 4.78 is 32.5. The van der Waals surface area contributed by atoms with Gasteiger partial charge >= 0.3 is 0 Å². The first kappa shape index (κ1) is 22.6. The summed E-state index contributed by atoms with van der Waals surface area (Å²) in [5.41, 5.74) is 3.44. The maximum atomic E-state index is 12.9. The molecule has 0 unspecified atom stereocenters. The van der Waals surface area contributed by atoms with Gasteiger partial charge in [-0.05, 0) is 55.0 Å². The largest absolute Gasteiger partial charge is 0.493 e. The average molecular weight is 478 g/mol. The molecule has 1 saturated carbocycles. The van der Waals surface area contributed by atoms with Gasteiger partial charge in [-0.15, -0.1) is 0 Å². The van der Waals surface area contributed by atoms with Crippen LogP contribution in [0, 0.1) is 5.92 Å². The molecule has 1 aliphatic carbocycles. The van der Waals surface area contributed by atoms with Crippen LogP contribution in [0.4, 0.5) is 0 Å². The highest BCUT2D eigenvalue weighted by atomic mass is 32.2. The standard InChI is InChI=1S/C27H27NO5S/c1-27(13-14-27)34(31,32)28-26(30)22-10-6-5-9-21(22)19-11-12-23-24(16-19)33-17-20(25(23)29)15-18-7-3-2-4-8-18/h2-12,16,20,25,29H,13-15,17H2,1H3,(H,28,30)/t20-,25+/m1/s1. The average Bonchev–Trinajstić information content (AvgIpc) is 3.60. The number of amides is 1. The summed E-state index contributed by atoms with van der Waals surface area (Å²) in [7, 11) is -3.74. The number of carbonyl (C=O) groups excluding carboxylic acids is 1. The van der Waals surface area contributed by atoms with Crippen molar-refractivity contribution in [1.82, 2.24) is 4.72 Å². The van der Waals surface area contributed by atoms with Crippen molar-refractivity contribution in [3.8, 4) is 16.9 Å². The van der Waals surface area contributed by atoms with E-state index in [1.807, 2.05) is 42.5 Å². The molecule has 176 valence electrons. The Kier molecular flexibility index (Phi) is 5.70. The molecule has 1 heterocycles. The Balaban J connectivity index is 1.40. The molecule has 0 spiro atoms. The van der Waals surface area contributed by atoms with Crippen molar-refractivity contribution in [2.24, 2.45) is 5.92 Å². The molecule has 2 aliphatic rings. The maximum Gasteiger partial charge on any atom is 0.265 e. The Bertz CT molecular complexity index is 1330. The maximum absolute atomic E-state index is 12.9. The summed E-state index contributed by atoms with van der Waals surface area (Å²) in [5.74, 6) is -0.138. The quantitative estimate of drug-likeness (QED) is 0.554. The fourth-order valence-corrected chi connectivity index (χ4v) is 5.62. The minimum absolute atomic E-state index is 0.0622. The molecule has 1 fully saturated rings. The van der Waals surface area contributed by atoms with Gasteiger partial charge in [-0.3, -0.25) is 4.79 Å². The lowest BCUT2D eigenvalue weighted by molar-refractivity contribution is 0.0508. The number of nitrogens with one attached hydrogen (secondary N) is 1. The molecule has 34 heavy (non-hydrogen) atoms. The lowest BCUT2D eigenvalue weighted by atomic mass is 9.87. The molecule has 2 N–H and O–H groups in total. The Morgan fingerprint density at radius 3 is 2.50 bits per heavy atom. The highest BCUT2D eigenvalue weighted by Crippen LogP contribution is 2.43. The van der Waals surface area contributed by atoms with Crippen molar-refractivity contribution in [3.05, 3.63) is 89.5 Å². The zero-order valence-electron chi connectivity index (χ0n) is 18.9. The van der Waals surface area contributed by atoms with Gasteiger partial charge in [0.05, 0.1) is 17.5 Å². The minimum atomic E-state index is -3.74. The Morgan fingerprint density at radius 1 is 1.06 bits per heavy atom. The third-order valence-corrected chi connectivity index (χ3v) is 9.04. The zero-order chi connectivity index (χ0) is 23.9. The fraction of sp³-hybridized carbons (Fsp3) is 0.296. The summed E-state index contributed by atoms with van der Waals surface area (Å²) in [6.45, 7) is 2.02. The van der Waals surface area contributed by atoms with Crippen LogP contribution < -0.4 is 9.46 Å². The highest BCUT2D eigenvalue weighted by Gasteiger charge is 2.51. The number of ether oxygens (including phenoxy) is 1. The van der Waals surface area contributed by atoms with Crippen LogP contribution in [-0.2, 0) is 16.4 Å². The van der Waals surface area contributed by atoms with Crippen LogP contribution in [0.25, 0.3) is 11.1 Å². The van der Waals surface area contributed by atoms with E-state index in [2.05, 4.69) is 4.72 Å². The van der Waals surface area contributed by atoms with E-state index in [-0.39, 0.29) is 11.5 Å². The van der Waals surface area contributed by atoms with Gasteiger partial charge in [0.2, 0.25) is 10.0 Å². The second-order valence-corrected chi connectivity index (χ2v) is 11.6. The third-order valence-electron chi connectivity index (χ3n) is 6.89. The SMILES string of the molecule is CC1(S(=O)(=O)NC(=O)c2ccccc2-c2ccc3c(c2)OC[C@@H](Cc2ccccc2)[C@@H]3O)CC1. The van der Waals surface area contributed by atoms with E-state index in [0.717, 1.165) is 5.56 Å². The van der Waals surface area contributed by atoms with Gasteiger partial charge in [-0.2, -0.15) is 0 Å². The molecule has 0 saturated heterocycles. The number of carbonyl (C=O) groups is 1. The monoisotopic (exact) mass is 477 g/mol. The molecule has 7 heteroatoms. The van der Waals surface area contributed by atoms with Crippen molar-refractivity contribution in [2.45, 2.75) is 37.0 Å². The van der Waals surface area contributed by atoms with Crippen LogP contribution in [0.5, 0.6) is 5.75 Å². The van der Waals surface area contributed by atoms with Gasteiger partial charge in [0.25, 0.3) is 5.91 Å². The Hall–Kier alpha value is -3.16. The van der Waals surface area contributed by atoms with Crippen molar-refractivity contribution in [2.75, 3.05) is 6.61 Å². The molecule has 1 amide bonds. The van der Waals surface area contributed by atoms with Gasteiger partial charge in [0.1, 0.15) is 5.75 Å². The molecule has 0 radical (unpaired) electrons. The number of hydrogen-bond donors (Lipinski definition) is 2. The number of sulfonamides is 1. The lowest BCUT2D eigenvalue weighted by Gasteiger charge is -2.31. The molecule has 0 aromatic heterocycles. The van der Waals surface area contributed by atoms with Crippen LogP contribution in [0.1, 0.15) is 47.4 Å². The van der Waals surface area contributed by atoms with E-state index in [9.17, 15) is 18.3 Å². The molecule has 1 aliphatic heterocycles. The number of aliphatic hydroxyl groups excluding tert-OH is 1. The van der Waals surface area contributed by atoms with Crippen molar-refractivity contribution in [1.29, 1.82) is 0 Å². The summed E-state index contributed by atoms with van der Waals surface area (Å²) in [4.78, 5) is 12.9. The highest BCUT2D eigenvalue weighted by molar-refractivity contribution is 7.91. The van der Waals surface area contributed by atoms with Crippen molar-refractivity contribution < 1.29 is 23.1 Å². The second kappa shape index (κ2) is 8.56. The predicted octanol–water partition coefficient (Wildman–Crippen LogP) is 4.25. The van der Waals surface area contributed by atoms with E-state index < -0.39 is 26.8 Å². The van der Waals surface area contributed by atoms with Gasteiger partial charge in [0.15, 0.2) is 0 Å². The predicted molar refractivity (Wildman–Crippen MR) is 130 cm³/mol. The van der Waals surface area contributed by atoms with Crippen LogP contribution >= 0.6 is 0 Å². The molecule has 5 rings (SSSR count). The first-order valence-corrected chi connectivity index (χ1v) is 12.9. The fourth-order valence-electron chi connectivity index (χ4n) is 4.38. The van der Waals surface area contributed by atoms with Crippen LogP contribution in [0.3, 0.4) is 0 Å². The normalized spacial score (nSPS) is 20.6. The van der Waals surface area contributed by atoms with E-state index >= 15 is 0 Å². The summed E-state index contributed by atoms with van der Waals surface area (Å²) in [6, 6.07) is 22.4. The van der Waals surface area contributed by atoms with Gasteiger partial charge in [-0.1, -0.05) is 60.7 Å². The summed E-state index contributed by atoms with van der Waals surface area (Å²) in [5, 5.41) is 11.0. The van der Waals surface area contributed by atoms with Crippen LogP contribution in [0.2, 0.25) is 0 Å². The lowest BCUT2D eigenvalue weighted by Crippen LogP contribution is -2.38. The van der Waals surface area contributed by atoms with Crippen molar-refractivity contribution in [3.63, 3.8) is 0 Å². The number of fused-ring (bicyclic) bond motifs is 1. The van der Waals surface area contributed by atoms with E-state index in [4.69, 9.17) is 4.74 Å². The number of hydrogen-bond acceptors (Lipinski definition) is 5. The minimum Gasteiger partial charge on any atom is -0.493 e. The topological polar surface area (TPSA) is 92.7 Å². The Morgan fingerprint density at radius 2 is 1.76 bits per heavy atom. The zero-order valence-corrected chi connectivity index (χ0v) is 19.7. The van der Waals surface area contributed by atoms with E-state index in [1.54, 1.807) is 37.3 Å². The first-order chi connectivity index (χ1) is 16.3. The molecule has 0 bridgehead atoms. The third kappa shape index (κ3) is 4.21. The van der Waals surface area contributed by atoms with Gasteiger partial charge < -0.3 is 9.84 Å². The van der Waals surface area contributed by atoms with Gasteiger partial charge in [0, 0.05) is 17.0 Å². The summed E-state index contributed by atoms with van der Waals surface area (Å²) in [6.07, 6.45) is 1.14.